The van der Waals surface area contributed by atoms with Gasteiger partial charge < -0.3 is 5.32 Å². The van der Waals surface area contributed by atoms with E-state index in [0.29, 0.717) is 0 Å². The molecule has 1 aromatic heterocycles. The molecule has 5 nitrogen and oxygen atoms in total. The third-order valence-corrected chi connectivity index (χ3v) is 5.23. The van der Waals surface area contributed by atoms with Crippen LogP contribution in [-0.4, -0.2) is 39.8 Å². The molecule has 1 amide bonds. The summed E-state index contributed by atoms with van der Waals surface area (Å²) in [5, 5.41) is 7.74. The normalized spacial score (nSPS) is 12.1. The summed E-state index contributed by atoms with van der Waals surface area (Å²) in [6.45, 7) is 8.33. The first-order chi connectivity index (χ1) is 14.2. The van der Waals surface area contributed by atoms with Gasteiger partial charge in [0.15, 0.2) is 0 Å². The minimum Gasteiger partial charge on any atom is -0.339 e. The Hall–Kier alpha value is -2.92. The van der Waals surface area contributed by atoms with Crippen molar-refractivity contribution in [2.24, 2.45) is 0 Å². The largest absolute Gasteiger partial charge is 0.339 e. The molecule has 3 rings (SSSR count). The van der Waals surface area contributed by atoms with Crippen LogP contribution in [0.4, 0.5) is 0 Å². The number of aromatic nitrogens is 2. The Kier molecular flexibility index (Phi) is 7.19. The van der Waals surface area contributed by atoms with Crippen molar-refractivity contribution in [1.29, 1.82) is 0 Å². The number of rotatable bonds is 9. The molecule has 152 valence electrons. The van der Waals surface area contributed by atoms with Crippen molar-refractivity contribution in [3.05, 3.63) is 66.9 Å². The summed E-state index contributed by atoms with van der Waals surface area (Å²) in [6, 6.07) is 20.3. The van der Waals surface area contributed by atoms with E-state index in [-0.39, 0.29) is 18.6 Å². The highest BCUT2D eigenvalue weighted by molar-refractivity contribution is 5.83. The highest BCUT2D eigenvalue weighted by atomic mass is 16.2. The first kappa shape index (κ1) is 20.8. The SMILES string of the molecule is CCC(NC(=O)Cn1ncc(-c2ccccc2)c1-c1ccccc1)N(CC)CC. The monoisotopic (exact) mass is 390 g/mol. The lowest BCUT2D eigenvalue weighted by molar-refractivity contribution is -0.123. The molecule has 0 saturated carbocycles. The number of carbonyl (C=O) groups excluding carboxylic acids is 1. The zero-order chi connectivity index (χ0) is 20.6. The van der Waals surface area contributed by atoms with Gasteiger partial charge in [-0.15, -0.1) is 0 Å². The first-order valence-electron chi connectivity index (χ1n) is 10.4. The maximum atomic E-state index is 12.8. The van der Waals surface area contributed by atoms with E-state index in [1.807, 2.05) is 47.3 Å². The van der Waals surface area contributed by atoms with Crippen LogP contribution in [0.5, 0.6) is 0 Å². The van der Waals surface area contributed by atoms with Crippen molar-refractivity contribution in [1.82, 2.24) is 20.0 Å². The van der Waals surface area contributed by atoms with Gasteiger partial charge in [0, 0.05) is 11.1 Å². The Morgan fingerprint density at radius 2 is 1.55 bits per heavy atom. The lowest BCUT2D eigenvalue weighted by atomic mass is 10.0. The molecular weight excluding hydrogens is 360 g/mol. The zero-order valence-corrected chi connectivity index (χ0v) is 17.5. The van der Waals surface area contributed by atoms with Crippen molar-refractivity contribution < 1.29 is 4.79 Å². The number of benzene rings is 2. The fourth-order valence-corrected chi connectivity index (χ4v) is 3.72. The highest BCUT2D eigenvalue weighted by Gasteiger charge is 2.19. The molecule has 0 aliphatic carbocycles. The minimum atomic E-state index is -0.0244. The molecule has 0 spiro atoms. The van der Waals surface area contributed by atoms with Gasteiger partial charge in [-0.3, -0.25) is 14.4 Å². The summed E-state index contributed by atoms with van der Waals surface area (Å²) in [5.41, 5.74) is 4.13. The molecule has 0 aliphatic heterocycles. The maximum Gasteiger partial charge on any atom is 0.242 e. The van der Waals surface area contributed by atoms with Crippen LogP contribution in [0.25, 0.3) is 22.4 Å². The van der Waals surface area contributed by atoms with Crippen LogP contribution < -0.4 is 5.32 Å². The van der Waals surface area contributed by atoms with Gasteiger partial charge in [-0.05, 0) is 25.1 Å². The van der Waals surface area contributed by atoms with E-state index >= 15 is 0 Å². The van der Waals surface area contributed by atoms with Crippen LogP contribution in [0.1, 0.15) is 27.2 Å². The smallest absolute Gasteiger partial charge is 0.242 e. The van der Waals surface area contributed by atoms with Crippen LogP contribution in [0, 0.1) is 0 Å². The van der Waals surface area contributed by atoms with Gasteiger partial charge in [0.2, 0.25) is 5.91 Å². The third-order valence-electron chi connectivity index (χ3n) is 5.23. The van der Waals surface area contributed by atoms with Gasteiger partial charge in [-0.2, -0.15) is 5.10 Å². The van der Waals surface area contributed by atoms with Crippen molar-refractivity contribution >= 4 is 5.91 Å². The van der Waals surface area contributed by atoms with E-state index in [2.05, 4.69) is 60.4 Å². The second-order valence-electron chi connectivity index (χ2n) is 7.01. The van der Waals surface area contributed by atoms with Crippen molar-refractivity contribution in [2.45, 2.75) is 39.9 Å². The Labute approximate surface area is 173 Å². The van der Waals surface area contributed by atoms with Crippen LogP contribution in [0.15, 0.2) is 66.9 Å². The number of hydrogen-bond acceptors (Lipinski definition) is 3. The number of nitrogens with zero attached hydrogens (tertiary/aromatic N) is 3. The molecule has 1 heterocycles. The highest BCUT2D eigenvalue weighted by Crippen LogP contribution is 2.31. The number of carbonyl (C=O) groups is 1. The lowest BCUT2D eigenvalue weighted by Gasteiger charge is -2.29. The average molecular weight is 391 g/mol. The Morgan fingerprint density at radius 3 is 2.10 bits per heavy atom. The molecule has 5 heteroatoms. The van der Waals surface area contributed by atoms with E-state index in [0.717, 1.165) is 41.9 Å². The second-order valence-corrected chi connectivity index (χ2v) is 7.01. The molecule has 1 N–H and O–H groups in total. The molecule has 1 unspecified atom stereocenters. The number of nitrogens with one attached hydrogen (secondary N) is 1. The summed E-state index contributed by atoms with van der Waals surface area (Å²) < 4.78 is 1.81. The summed E-state index contributed by atoms with van der Waals surface area (Å²) in [4.78, 5) is 15.1. The molecule has 29 heavy (non-hydrogen) atoms. The summed E-state index contributed by atoms with van der Waals surface area (Å²) >= 11 is 0. The van der Waals surface area contributed by atoms with Crippen molar-refractivity contribution in [3.8, 4) is 22.4 Å². The molecule has 0 fully saturated rings. The Balaban J connectivity index is 1.90. The van der Waals surface area contributed by atoms with Crippen LogP contribution in [0.3, 0.4) is 0 Å². The molecular formula is C24H30N4O. The molecule has 2 aromatic carbocycles. The van der Waals surface area contributed by atoms with E-state index in [1.165, 1.54) is 0 Å². The van der Waals surface area contributed by atoms with Gasteiger partial charge in [0.25, 0.3) is 0 Å². The lowest BCUT2D eigenvalue weighted by Crippen LogP contribution is -2.48. The summed E-state index contributed by atoms with van der Waals surface area (Å²) in [6.07, 6.45) is 2.77. The van der Waals surface area contributed by atoms with Gasteiger partial charge in [0.05, 0.1) is 18.1 Å². The van der Waals surface area contributed by atoms with Gasteiger partial charge >= 0.3 is 0 Å². The maximum absolute atomic E-state index is 12.8. The van der Waals surface area contributed by atoms with E-state index < -0.39 is 0 Å². The predicted octanol–water partition coefficient (Wildman–Crippen LogP) is 4.41. The van der Waals surface area contributed by atoms with Crippen LogP contribution in [0.2, 0.25) is 0 Å². The second kappa shape index (κ2) is 10.0. The molecule has 0 saturated heterocycles. The molecule has 1 atom stereocenters. The molecule has 0 radical (unpaired) electrons. The van der Waals surface area contributed by atoms with Crippen molar-refractivity contribution in [3.63, 3.8) is 0 Å². The van der Waals surface area contributed by atoms with E-state index in [9.17, 15) is 4.79 Å². The summed E-state index contributed by atoms with van der Waals surface area (Å²) in [7, 11) is 0. The molecule has 0 aliphatic rings. The standard InChI is InChI=1S/C24H30N4O/c1-4-22(27(5-2)6-3)26-23(29)18-28-24(20-15-11-8-12-16-20)21(17-25-28)19-13-9-7-10-14-19/h7-17,22H,4-6,18H2,1-3H3,(H,26,29). The van der Waals surface area contributed by atoms with Gasteiger partial charge in [-0.1, -0.05) is 81.4 Å². The first-order valence-corrected chi connectivity index (χ1v) is 10.4. The Morgan fingerprint density at radius 1 is 0.966 bits per heavy atom. The summed E-state index contributed by atoms with van der Waals surface area (Å²) in [5.74, 6) is -0.0244. The van der Waals surface area contributed by atoms with E-state index in [4.69, 9.17) is 0 Å². The van der Waals surface area contributed by atoms with E-state index in [1.54, 1.807) is 0 Å². The Bertz CT molecular complexity index is 901. The number of hydrogen-bond donors (Lipinski definition) is 1. The average Bonchev–Trinajstić information content (AvgIpc) is 3.18. The predicted molar refractivity (Wildman–Crippen MR) is 118 cm³/mol. The third kappa shape index (κ3) is 4.93. The molecule has 3 aromatic rings. The topological polar surface area (TPSA) is 50.2 Å². The van der Waals surface area contributed by atoms with Gasteiger partial charge in [0.1, 0.15) is 6.54 Å². The number of amides is 1. The quantitative estimate of drug-likeness (QED) is 0.551. The van der Waals surface area contributed by atoms with Gasteiger partial charge in [-0.25, -0.2) is 0 Å². The fourth-order valence-electron chi connectivity index (χ4n) is 3.72. The van der Waals surface area contributed by atoms with Crippen LogP contribution >= 0.6 is 0 Å². The molecule has 0 bridgehead atoms. The zero-order valence-electron chi connectivity index (χ0n) is 17.5. The van der Waals surface area contributed by atoms with Crippen LogP contribution in [-0.2, 0) is 11.3 Å². The van der Waals surface area contributed by atoms with Crippen molar-refractivity contribution in [2.75, 3.05) is 13.1 Å². The minimum absolute atomic E-state index is 0.0244. The fraction of sp³-hybridized carbons (Fsp3) is 0.333.